The molecule has 2 rings (SSSR count). The van der Waals surface area contributed by atoms with Gasteiger partial charge in [-0.05, 0) is 48.9 Å². The van der Waals surface area contributed by atoms with Gasteiger partial charge in [-0.1, -0.05) is 13.8 Å². The van der Waals surface area contributed by atoms with Crippen LogP contribution in [-0.2, 0) is 0 Å². The van der Waals surface area contributed by atoms with Gasteiger partial charge in [-0.15, -0.1) is 0 Å². The summed E-state index contributed by atoms with van der Waals surface area (Å²) >= 11 is 0. The van der Waals surface area contributed by atoms with Gasteiger partial charge in [0.05, 0.1) is 0 Å². The van der Waals surface area contributed by atoms with Crippen molar-refractivity contribution < 1.29 is 0 Å². The lowest BCUT2D eigenvalue weighted by Gasteiger charge is -2.44. The van der Waals surface area contributed by atoms with E-state index in [1.807, 2.05) is 0 Å². The van der Waals surface area contributed by atoms with Gasteiger partial charge in [-0.3, -0.25) is 0 Å². The Bertz CT molecular complexity index is 390. The van der Waals surface area contributed by atoms with Crippen LogP contribution in [-0.4, -0.2) is 13.1 Å². The first-order valence-corrected chi connectivity index (χ1v) is 6.10. The van der Waals surface area contributed by atoms with Gasteiger partial charge in [0.25, 0.3) is 0 Å². The third kappa shape index (κ3) is 1.89. The number of aryl methyl sites for hydroxylation is 2. The van der Waals surface area contributed by atoms with Gasteiger partial charge in [0.15, 0.2) is 0 Å². The maximum atomic E-state index is 5.91. The van der Waals surface area contributed by atoms with E-state index in [-0.39, 0.29) is 0 Å². The molecule has 1 aliphatic heterocycles. The van der Waals surface area contributed by atoms with Crippen LogP contribution < -0.4 is 10.6 Å². The second-order valence-corrected chi connectivity index (χ2v) is 5.40. The molecule has 1 heterocycles. The number of hydrogen-bond acceptors (Lipinski definition) is 2. The fourth-order valence-electron chi connectivity index (χ4n) is 2.29. The average molecular weight is 218 g/mol. The Morgan fingerprint density at radius 3 is 2.38 bits per heavy atom. The van der Waals surface area contributed by atoms with Crippen molar-refractivity contribution in [2.24, 2.45) is 11.8 Å². The molecule has 0 saturated carbocycles. The Balaban J connectivity index is 2.15. The minimum absolute atomic E-state index is 0.798. The predicted octanol–water partition coefficient (Wildman–Crippen LogP) is 2.98. The number of benzene rings is 1. The minimum atomic E-state index is 0.798. The normalized spacial score (nSPS) is 16.7. The summed E-state index contributed by atoms with van der Waals surface area (Å²) in [5.74, 6) is 1.66. The molecule has 2 nitrogen and oxygen atoms in total. The second kappa shape index (κ2) is 4.00. The lowest BCUT2D eigenvalue weighted by molar-refractivity contribution is 0.309. The third-order valence-electron chi connectivity index (χ3n) is 3.78. The molecule has 1 saturated heterocycles. The zero-order chi connectivity index (χ0) is 11.9. The first-order chi connectivity index (χ1) is 7.49. The summed E-state index contributed by atoms with van der Waals surface area (Å²) in [7, 11) is 0. The van der Waals surface area contributed by atoms with Crippen molar-refractivity contribution >= 4 is 11.4 Å². The smallest absolute Gasteiger partial charge is 0.0400 e. The molecule has 1 aromatic rings. The van der Waals surface area contributed by atoms with Crippen LogP contribution in [0.1, 0.15) is 25.0 Å². The van der Waals surface area contributed by atoms with Gasteiger partial charge in [0, 0.05) is 24.5 Å². The monoisotopic (exact) mass is 218 g/mol. The van der Waals surface area contributed by atoms with Crippen molar-refractivity contribution in [2.75, 3.05) is 23.7 Å². The lowest BCUT2D eigenvalue weighted by atomic mass is 9.87. The molecule has 2 heteroatoms. The molecule has 1 fully saturated rings. The SMILES string of the molecule is Cc1cc(N2CC(C(C)C)C2)c(C)cc1N. The number of hydrogen-bond donors (Lipinski definition) is 1. The molecule has 1 aromatic carbocycles. The summed E-state index contributed by atoms with van der Waals surface area (Å²) in [6.07, 6.45) is 0. The Labute approximate surface area is 98.4 Å². The topological polar surface area (TPSA) is 29.3 Å². The van der Waals surface area contributed by atoms with Crippen molar-refractivity contribution in [3.05, 3.63) is 23.3 Å². The Hall–Kier alpha value is -1.18. The van der Waals surface area contributed by atoms with E-state index in [1.54, 1.807) is 0 Å². The summed E-state index contributed by atoms with van der Waals surface area (Å²) in [5, 5.41) is 0. The van der Waals surface area contributed by atoms with Crippen molar-refractivity contribution in [3.63, 3.8) is 0 Å². The zero-order valence-electron chi connectivity index (χ0n) is 10.7. The Morgan fingerprint density at radius 2 is 1.81 bits per heavy atom. The van der Waals surface area contributed by atoms with Crippen LogP contribution in [0, 0.1) is 25.7 Å². The molecule has 0 atom stereocenters. The van der Waals surface area contributed by atoms with Gasteiger partial charge in [-0.2, -0.15) is 0 Å². The van der Waals surface area contributed by atoms with Crippen LogP contribution in [0.15, 0.2) is 12.1 Å². The van der Waals surface area contributed by atoms with Gasteiger partial charge >= 0.3 is 0 Å². The van der Waals surface area contributed by atoms with Crippen LogP contribution >= 0.6 is 0 Å². The maximum absolute atomic E-state index is 5.91. The molecule has 88 valence electrons. The molecule has 0 radical (unpaired) electrons. The fourth-order valence-corrected chi connectivity index (χ4v) is 2.29. The highest BCUT2D eigenvalue weighted by Crippen LogP contribution is 2.33. The summed E-state index contributed by atoms with van der Waals surface area (Å²) in [5.41, 5.74) is 10.7. The first-order valence-electron chi connectivity index (χ1n) is 6.10. The van der Waals surface area contributed by atoms with Crippen molar-refractivity contribution in [3.8, 4) is 0 Å². The molecule has 0 spiro atoms. The third-order valence-corrected chi connectivity index (χ3v) is 3.78. The van der Waals surface area contributed by atoms with Crippen LogP contribution in [0.3, 0.4) is 0 Å². The van der Waals surface area contributed by atoms with Crippen LogP contribution in [0.5, 0.6) is 0 Å². The molecular weight excluding hydrogens is 196 g/mol. The van der Waals surface area contributed by atoms with Crippen molar-refractivity contribution in [1.29, 1.82) is 0 Å². The van der Waals surface area contributed by atoms with Gasteiger partial charge in [-0.25, -0.2) is 0 Å². The highest BCUT2D eigenvalue weighted by molar-refractivity contribution is 5.64. The van der Waals surface area contributed by atoms with Gasteiger partial charge in [0.2, 0.25) is 0 Å². The van der Waals surface area contributed by atoms with Crippen molar-refractivity contribution in [2.45, 2.75) is 27.7 Å². The Kier molecular flexibility index (Phi) is 2.83. The van der Waals surface area contributed by atoms with E-state index in [9.17, 15) is 0 Å². The number of nitrogens with two attached hydrogens (primary N) is 1. The van der Waals surface area contributed by atoms with Crippen molar-refractivity contribution in [1.82, 2.24) is 0 Å². The molecule has 0 aliphatic carbocycles. The molecular formula is C14H22N2. The van der Waals surface area contributed by atoms with Gasteiger partial charge < -0.3 is 10.6 Å². The standard InChI is InChI=1S/C14H22N2/c1-9(2)12-7-16(8-12)14-6-10(3)13(15)5-11(14)4/h5-6,9,12H,7-8,15H2,1-4H3. The van der Waals surface area contributed by atoms with E-state index in [0.717, 1.165) is 17.5 Å². The van der Waals surface area contributed by atoms with Gasteiger partial charge in [0.1, 0.15) is 0 Å². The zero-order valence-corrected chi connectivity index (χ0v) is 10.7. The van der Waals surface area contributed by atoms with E-state index in [0.29, 0.717) is 0 Å². The average Bonchev–Trinajstić information content (AvgIpc) is 2.10. The number of nitrogens with zero attached hydrogens (tertiary/aromatic N) is 1. The minimum Gasteiger partial charge on any atom is -0.399 e. The quantitative estimate of drug-likeness (QED) is 0.773. The highest BCUT2D eigenvalue weighted by Gasteiger charge is 2.29. The molecule has 0 amide bonds. The highest BCUT2D eigenvalue weighted by atomic mass is 15.2. The predicted molar refractivity (Wildman–Crippen MR) is 70.9 cm³/mol. The summed E-state index contributed by atoms with van der Waals surface area (Å²) < 4.78 is 0. The Morgan fingerprint density at radius 1 is 1.19 bits per heavy atom. The van der Waals surface area contributed by atoms with E-state index in [2.05, 4.69) is 44.7 Å². The molecule has 0 aromatic heterocycles. The molecule has 2 N–H and O–H groups in total. The summed E-state index contributed by atoms with van der Waals surface area (Å²) in [6.45, 7) is 11.2. The number of rotatable bonds is 2. The van der Waals surface area contributed by atoms with Crippen LogP contribution in [0.4, 0.5) is 11.4 Å². The summed E-state index contributed by atoms with van der Waals surface area (Å²) in [4.78, 5) is 2.46. The molecule has 0 unspecified atom stereocenters. The van der Waals surface area contributed by atoms with Crippen LogP contribution in [0.2, 0.25) is 0 Å². The second-order valence-electron chi connectivity index (χ2n) is 5.40. The first kappa shape index (κ1) is 11.3. The number of nitrogen functional groups attached to an aromatic ring is 1. The molecule has 16 heavy (non-hydrogen) atoms. The van der Waals surface area contributed by atoms with E-state index < -0.39 is 0 Å². The summed E-state index contributed by atoms with van der Waals surface area (Å²) in [6, 6.07) is 4.31. The van der Waals surface area contributed by atoms with E-state index in [1.165, 1.54) is 29.9 Å². The van der Waals surface area contributed by atoms with E-state index in [4.69, 9.17) is 5.73 Å². The number of anilines is 2. The lowest BCUT2D eigenvalue weighted by Crippen LogP contribution is -2.49. The fraction of sp³-hybridized carbons (Fsp3) is 0.571. The van der Waals surface area contributed by atoms with Crippen LogP contribution in [0.25, 0.3) is 0 Å². The largest absolute Gasteiger partial charge is 0.399 e. The van der Waals surface area contributed by atoms with E-state index >= 15 is 0 Å². The molecule has 1 aliphatic rings. The molecule has 0 bridgehead atoms. The maximum Gasteiger partial charge on any atom is 0.0400 e.